The molecule has 7 nitrogen and oxygen atoms in total. The lowest BCUT2D eigenvalue weighted by atomic mass is 9.82. The molecule has 1 atom stereocenters. The van der Waals surface area contributed by atoms with E-state index in [1.165, 1.54) is 0 Å². The SMILES string of the molecule is O=C(NCC[N+]12CCC(CC1)C(OC(=O)C([O-])(c1ccccc1)c1ccccc1)C2)c1ccc(Br)o1. The molecule has 3 aliphatic rings. The van der Waals surface area contributed by atoms with Crippen molar-refractivity contribution in [2.45, 2.75) is 24.5 Å². The van der Waals surface area contributed by atoms with Gasteiger partial charge in [0.05, 0.1) is 26.2 Å². The van der Waals surface area contributed by atoms with E-state index in [1.54, 1.807) is 60.7 Å². The maximum atomic E-state index is 14.2. The lowest BCUT2D eigenvalue weighted by Crippen LogP contribution is -2.66. The molecule has 2 aromatic carbocycles. The van der Waals surface area contributed by atoms with Gasteiger partial charge in [-0.2, -0.15) is 0 Å². The number of fused-ring (bicyclic) bond motifs is 3. The van der Waals surface area contributed by atoms with Gasteiger partial charge in [0.1, 0.15) is 6.54 Å². The van der Waals surface area contributed by atoms with Gasteiger partial charge in [0.25, 0.3) is 5.91 Å². The van der Waals surface area contributed by atoms with Crippen LogP contribution in [-0.2, 0) is 15.1 Å². The van der Waals surface area contributed by atoms with E-state index in [-0.39, 0.29) is 23.7 Å². The van der Waals surface area contributed by atoms with E-state index in [4.69, 9.17) is 9.15 Å². The van der Waals surface area contributed by atoms with Crippen molar-refractivity contribution in [1.29, 1.82) is 0 Å². The van der Waals surface area contributed by atoms with Crippen molar-refractivity contribution < 1.29 is 28.3 Å². The largest absolute Gasteiger partial charge is 0.834 e. The summed E-state index contributed by atoms with van der Waals surface area (Å²) in [5.41, 5.74) is -1.39. The summed E-state index contributed by atoms with van der Waals surface area (Å²) >= 11 is 3.21. The predicted molar refractivity (Wildman–Crippen MR) is 135 cm³/mol. The highest BCUT2D eigenvalue weighted by Gasteiger charge is 2.48. The number of esters is 1. The summed E-state index contributed by atoms with van der Waals surface area (Å²) in [6.45, 7) is 3.82. The number of carbonyl (C=O) groups excluding carboxylic acids is 2. The number of furan rings is 1. The molecule has 0 aliphatic carbocycles. The van der Waals surface area contributed by atoms with Crippen molar-refractivity contribution in [3.63, 3.8) is 0 Å². The Morgan fingerprint density at radius 3 is 2.17 bits per heavy atom. The number of hydrogen-bond acceptors (Lipinski definition) is 5. The zero-order chi connectivity index (χ0) is 25.2. The Morgan fingerprint density at radius 2 is 1.61 bits per heavy atom. The summed E-state index contributed by atoms with van der Waals surface area (Å²) in [6, 6.07) is 20.8. The molecule has 3 aliphatic heterocycles. The van der Waals surface area contributed by atoms with Crippen LogP contribution in [0.2, 0.25) is 0 Å². The lowest BCUT2D eigenvalue weighted by Gasteiger charge is -2.52. The number of benzene rings is 2. The fraction of sp³-hybridized carbons (Fsp3) is 0.357. The molecule has 2 bridgehead atoms. The first kappa shape index (κ1) is 24.7. The molecule has 4 heterocycles. The van der Waals surface area contributed by atoms with Crippen LogP contribution in [0.5, 0.6) is 0 Å². The van der Waals surface area contributed by atoms with Crippen LogP contribution in [0, 0.1) is 5.92 Å². The second-order valence-corrected chi connectivity index (χ2v) is 10.5. The summed E-state index contributed by atoms with van der Waals surface area (Å²) < 4.78 is 12.6. The van der Waals surface area contributed by atoms with E-state index in [0.717, 1.165) is 37.0 Å². The topological polar surface area (TPSA) is 91.6 Å². The first-order valence-corrected chi connectivity index (χ1v) is 13.1. The Bertz CT molecular complexity index is 1170. The fourth-order valence-corrected chi connectivity index (χ4v) is 5.87. The van der Waals surface area contributed by atoms with E-state index in [0.29, 0.717) is 28.9 Å². The van der Waals surface area contributed by atoms with Crippen LogP contribution in [0.3, 0.4) is 0 Å². The molecule has 0 saturated carbocycles. The van der Waals surface area contributed by atoms with Gasteiger partial charge >= 0.3 is 5.97 Å². The van der Waals surface area contributed by atoms with Gasteiger partial charge in [0.2, 0.25) is 0 Å². The summed E-state index contributed by atoms with van der Waals surface area (Å²) in [5, 5.41) is 17.1. The second kappa shape index (κ2) is 10.2. The number of halogens is 1. The molecule has 8 heteroatoms. The molecule has 3 aromatic rings. The number of nitrogens with one attached hydrogen (secondary N) is 1. The summed E-state index contributed by atoms with van der Waals surface area (Å²) in [4.78, 5) is 25.9. The first-order chi connectivity index (χ1) is 17.4. The van der Waals surface area contributed by atoms with Crippen molar-refractivity contribution >= 4 is 27.8 Å². The van der Waals surface area contributed by atoms with E-state index in [1.807, 2.05) is 12.1 Å². The Hall–Kier alpha value is -2.94. The van der Waals surface area contributed by atoms with Gasteiger partial charge in [-0.05, 0) is 39.2 Å². The lowest BCUT2D eigenvalue weighted by molar-refractivity contribution is -0.945. The third-order valence-electron chi connectivity index (χ3n) is 7.62. The van der Waals surface area contributed by atoms with Crippen molar-refractivity contribution in [2.75, 3.05) is 32.7 Å². The zero-order valence-electron chi connectivity index (χ0n) is 19.9. The quantitative estimate of drug-likeness (QED) is 0.342. The number of rotatable bonds is 8. The standard InChI is InChI=1S/C28H29BrN2O5/c29-25-12-11-23(35-25)26(32)30-15-18-31-16-13-20(14-17-31)24(19-31)36-27(33)28(34,21-7-3-1-4-8-21)22-9-5-2-6-10-22/h1-12,20,24H,13-19H2,(H,30,32). The van der Waals surface area contributed by atoms with E-state index in [9.17, 15) is 14.7 Å². The molecule has 0 radical (unpaired) electrons. The first-order valence-electron chi connectivity index (χ1n) is 12.3. The molecule has 36 heavy (non-hydrogen) atoms. The summed E-state index contributed by atoms with van der Waals surface area (Å²) in [6.07, 6.45) is 1.54. The molecular weight excluding hydrogens is 524 g/mol. The number of carbonyl (C=O) groups is 2. The minimum absolute atomic E-state index is 0.250. The highest BCUT2D eigenvalue weighted by atomic mass is 79.9. The molecule has 1 amide bonds. The van der Waals surface area contributed by atoms with Crippen LogP contribution in [0.25, 0.3) is 0 Å². The molecule has 6 rings (SSSR count). The Balaban J connectivity index is 1.28. The van der Waals surface area contributed by atoms with E-state index in [2.05, 4.69) is 21.2 Å². The third kappa shape index (κ3) is 4.85. The van der Waals surface area contributed by atoms with Gasteiger partial charge in [0.15, 0.2) is 16.5 Å². The smallest absolute Gasteiger partial charge is 0.304 e. The molecule has 1 unspecified atom stereocenters. The van der Waals surface area contributed by atoms with Gasteiger partial charge < -0.3 is 24.1 Å². The molecule has 188 valence electrons. The number of quaternary nitrogens is 1. The Morgan fingerprint density at radius 1 is 1.00 bits per heavy atom. The van der Waals surface area contributed by atoms with Crippen LogP contribution < -0.4 is 10.4 Å². The molecule has 1 aromatic heterocycles. The van der Waals surface area contributed by atoms with Crippen molar-refractivity contribution in [3.8, 4) is 0 Å². The van der Waals surface area contributed by atoms with Gasteiger partial charge in [-0.15, -0.1) is 0 Å². The van der Waals surface area contributed by atoms with Crippen LogP contribution in [0.4, 0.5) is 0 Å². The van der Waals surface area contributed by atoms with Crippen LogP contribution in [-0.4, -0.2) is 55.2 Å². The van der Waals surface area contributed by atoms with Gasteiger partial charge in [-0.3, -0.25) is 9.59 Å². The van der Waals surface area contributed by atoms with E-state index >= 15 is 0 Å². The van der Waals surface area contributed by atoms with Crippen molar-refractivity contribution in [1.82, 2.24) is 5.32 Å². The van der Waals surface area contributed by atoms with Crippen LogP contribution in [0.15, 0.2) is 81.9 Å². The maximum absolute atomic E-state index is 14.2. The number of piperidine rings is 3. The Kier molecular flexibility index (Phi) is 7.01. The predicted octanol–water partition coefficient (Wildman–Crippen LogP) is 3.23. The number of ether oxygens (including phenoxy) is 1. The molecule has 1 N–H and O–H groups in total. The second-order valence-electron chi connectivity index (χ2n) is 9.75. The highest BCUT2D eigenvalue weighted by molar-refractivity contribution is 9.10. The zero-order valence-corrected chi connectivity index (χ0v) is 21.5. The Labute approximate surface area is 218 Å². The highest BCUT2D eigenvalue weighted by Crippen LogP contribution is 2.37. The molecule has 0 spiro atoms. The average Bonchev–Trinajstić information content (AvgIpc) is 3.36. The third-order valence-corrected chi connectivity index (χ3v) is 8.04. The molecular formula is C28H29BrN2O5. The number of amides is 1. The summed E-state index contributed by atoms with van der Waals surface area (Å²) in [5.74, 6) is -0.497. The van der Waals surface area contributed by atoms with Crippen LogP contribution in [0.1, 0.15) is 34.5 Å². The minimum Gasteiger partial charge on any atom is -0.834 e. The normalized spacial score (nSPS) is 23.3. The molecule has 3 saturated heterocycles. The van der Waals surface area contributed by atoms with Crippen molar-refractivity contribution in [2.24, 2.45) is 5.92 Å². The average molecular weight is 553 g/mol. The monoisotopic (exact) mass is 552 g/mol. The van der Waals surface area contributed by atoms with Gasteiger partial charge in [-0.1, -0.05) is 60.7 Å². The number of hydrogen-bond donors (Lipinski definition) is 1. The fourth-order valence-electron chi connectivity index (χ4n) is 5.57. The maximum Gasteiger partial charge on any atom is 0.304 e. The molecule has 3 fully saturated rings. The van der Waals surface area contributed by atoms with Gasteiger partial charge in [0, 0.05) is 24.4 Å². The van der Waals surface area contributed by atoms with Gasteiger partial charge in [-0.25, -0.2) is 0 Å². The number of nitrogens with zero attached hydrogens (tertiary/aromatic N) is 1. The van der Waals surface area contributed by atoms with Crippen LogP contribution >= 0.6 is 15.9 Å². The minimum atomic E-state index is -2.13. The summed E-state index contributed by atoms with van der Waals surface area (Å²) in [7, 11) is 0. The van der Waals surface area contributed by atoms with Crippen molar-refractivity contribution in [3.05, 3.63) is 94.4 Å². The van der Waals surface area contributed by atoms with E-state index < -0.39 is 11.6 Å².